The fourth-order valence-electron chi connectivity index (χ4n) is 4.91. The van der Waals surface area contributed by atoms with E-state index in [2.05, 4.69) is 18.3 Å². The molecule has 0 heterocycles. The molecule has 0 aliphatic heterocycles. The zero-order valence-electron chi connectivity index (χ0n) is 20.7. The molecule has 5 nitrogen and oxygen atoms in total. The number of nitriles is 1. The number of benzene rings is 3. The minimum absolute atomic E-state index is 0.00858. The minimum atomic E-state index is -0.675. The monoisotopic (exact) mass is 486 g/mol. The van der Waals surface area contributed by atoms with Crippen molar-refractivity contribution in [3.8, 4) is 34.4 Å². The lowest BCUT2D eigenvalue weighted by Gasteiger charge is -2.27. The summed E-state index contributed by atoms with van der Waals surface area (Å²) >= 11 is 0. The summed E-state index contributed by atoms with van der Waals surface area (Å²) in [5, 5.41) is 13.6. The van der Waals surface area contributed by atoms with Crippen LogP contribution in [0.2, 0.25) is 0 Å². The Morgan fingerprint density at radius 1 is 1.03 bits per heavy atom. The number of carbonyl (C=O) groups excluding carboxylic acids is 1. The predicted molar refractivity (Wildman–Crippen MR) is 138 cm³/mol. The van der Waals surface area contributed by atoms with Crippen LogP contribution in [0.1, 0.15) is 54.1 Å². The van der Waals surface area contributed by atoms with Gasteiger partial charge in [0.25, 0.3) is 0 Å². The van der Waals surface area contributed by atoms with Crippen molar-refractivity contribution in [1.29, 1.82) is 5.26 Å². The molecule has 36 heavy (non-hydrogen) atoms. The maximum Gasteiger partial charge on any atom is 0.173 e. The van der Waals surface area contributed by atoms with Crippen molar-refractivity contribution < 1.29 is 18.7 Å². The third kappa shape index (κ3) is 5.58. The molecule has 6 heteroatoms. The molecular formula is C30H31FN2O3. The molecule has 0 radical (unpaired) electrons. The SMILES string of the molecule is COc1ccc(C=O)c(-c2c(C#N)ccc(Oc3ccccc3)c2CCNC2CCC(C)CC2)c1F. The highest BCUT2D eigenvalue weighted by Gasteiger charge is 2.25. The van der Waals surface area contributed by atoms with Crippen LogP contribution in [0.3, 0.4) is 0 Å². The lowest BCUT2D eigenvalue weighted by Crippen LogP contribution is -2.34. The summed E-state index contributed by atoms with van der Waals surface area (Å²) in [5.41, 5.74) is 1.51. The Kier molecular flexibility index (Phi) is 8.35. The van der Waals surface area contributed by atoms with Gasteiger partial charge in [-0.15, -0.1) is 0 Å². The van der Waals surface area contributed by atoms with Gasteiger partial charge in [0.2, 0.25) is 0 Å². The quantitative estimate of drug-likeness (QED) is 0.341. The second-order valence-electron chi connectivity index (χ2n) is 9.32. The van der Waals surface area contributed by atoms with Crippen molar-refractivity contribution in [2.45, 2.75) is 45.1 Å². The van der Waals surface area contributed by atoms with Gasteiger partial charge in [-0.05, 0) is 81.0 Å². The van der Waals surface area contributed by atoms with Crippen LogP contribution >= 0.6 is 0 Å². The molecule has 3 aromatic rings. The predicted octanol–water partition coefficient (Wildman–Crippen LogP) is 6.69. The number of hydrogen-bond acceptors (Lipinski definition) is 5. The van der Waals surface area contributed by atoms with Crippen molar-refractivity contribution in [2.75, 3.05) is 13.7 Å². The molecule has 0 unspecified atom stereocenters. The van der Waals surface area contributed by atoms with E-state index < -0.39 is 5.82 Å². The second-order valence-corrected chi connectivity index (χ2v) is 9.32. The number of methoxy groups -OCH3 is 1. The molecule has 4 rings (SSSR count). The maximum atomic E-state index is 15.7. The van der Waals surface area contributed by atoms with Gasteiger partial charge in [0.15, 0.2) is 17.9 Å². The topological polar surface area (TPSA) is 71.4 Å². The number of rotatable bonds is 9. The van der Waals surface area contributed by atoms with Crippen LogP contribution in [0.4, 0.5) is 4.39 Å². The van der Waals surface area contributed by atoms with Crippen LogP contribution in [-0.2, 0) is 6.42 Å². The zero-order valence-corrected chi connectivity index (χ0v) is 20.7. The largest absolute Gasteiger partial charge is 0.494 e. The van der Waals surface area contributed by atoms with Crippen LogP contribution in [-0.4, -0.2) is 26.0 Å². The van der Waals surface area contributed by atoms with Crippen LogP contribution in [0.5, 0.6) is 17.2 Å². The molecule has 1 aliphatic carbocycles. The molecule has 1 fully saturated rings. The van der Waals surface area contributed by atoms with E-state index >= 15 is 4.39 Å². The third-order valence-corrected chi connectivity index (χ3v) is 6.92. The van der Waals surface area contributed by atoms with E-state index in [0.717, 1.165) is 18.8 Å². The fourth-order valence-corrected chi connectivity index (χ4v) is 4.91. The van der Waals surface area contributed by atoms with Crippen LogP contribution < -0.4 is 14.8 Å². The summed E-state index contributed by atoms with van der Waals surface area (Å²) in [4.78, 5) is 12.0. The molecule has 0 spiro atoms. The van der Waals surface area contributed by atoms with Gasteiger partial charge in [0.1, 0.15) is 11.5 Å². The first-order valence-electron chi connectivity index (χ1n) is 12.4. The first kappa shape index (κ1) is 25.4. The minimum Gasteiger partial charge on any atom is -0.494 e. The Bertz CT molecular complexity index is 1250. The molecule has 3 aromatic carbocycles. The zero-order chi connectivity index (χ0) is 25.5. The van der Waals surface area contributed by atoms with Crippen molar-refractivity contribution in [1.82, 2.24) is 5.32 Å². The van der Waals surface area contributed by atoms with Crippen molar-refractivity contribution in [2.24, 2.45) is 5.92 Å². The molecule has 1 saturated carbocycles. The van der Waals surface area contributed by atoms with E-state index in [9.17, 15) is 10.1 Å². The first-order valence-corrected chi connectivity index (χ1v) is 12.4. The number of hydrogen-bond donors (Lipinski definition) is 1. The number of ether oxygens (including phenoxy) is 2. The Morgan fingerprint density at radius 2 is 1.75 bits per heavy atom. The standard InChI is InChI=1S/C30H31FN2O3/c1-20-8-12-23(13-9-20)33-17-16-25-26(36-24-6-4-3-5-7-24)14-10-21(18-32)28(25)29-22(19-34)11-15-27(35-2)30(29)31/h3-7,10-11,14-15,19-20,23,33H,8-9,12-13,16-17H2,1-2H3. The number of para-hydroxylation sites is 1. The highest BCUT2D eigenvalue weighted by molar-refractivity contribution is 5.92. The van der Waals surface area contributed by atoms with Gasteiger partial charge in [0, 0.05) is 28.3 Å². The smallest absolute Gasteiger partial charge is 0.173 e. The summed E-state index contributed by atoms with van der Waals surface area (Å²) in [6.45, 7) is 2.92. The summed E-state index contributed by atoms with van der Waals surface area (Å²) in [7, 11) is 1.37. The number of carbonyl (C=O) groups is 1. The molecule has 0 amide bonds. The Hall–Kier alpha value is -3.69. The van der Waals surface area contributed by atoms with Crippen LogP contribution in [0.25, 0.3) is 11.1 Å². The summed E-state index contributed by atoms with van der Waals surface area (Å²) in [6, 6.07) is 18.2. The average Bonchev–Trinajstić information content (AvgIpc) is 2.91. The molecule has 0 aromatic heterocycles. The normalized spacial score (nSPS) is 17.3. The van der Waals surface area contributed by atoms with E-state index in [1.807, 2.05) is 30.3 Å². The van der Waals surface area contributed by atoms with Crippen molar-refractivity contribution in [3.05, 3.63) is 77.1 Å². The molecule has 186 valence electrons. The molecular weight excluding hydrogens is 455 g/mol. The Morgan fingerprint density at radius 3 is 2.42 bits per heavy atom. The van der Waals surface area contributed by atoms with Crippen LogP contribution in [0.15, 0.2) is 54.6 Å². The van der Waals surface area contributed by atoms with Gasteiger partial charge in [-0.25, -0.2) is 4.39 Å². The van der Waals surface area contributed by atoms with E-state index in [1.54, 1.807) is 12.1 Å². The van der Waals surface area contributed by atoms with Gasteiger partial charge < -0.3 is 14.8 Å². The second kappa shape index (κ2) is 11.8. The summed E-state index contributed by atoms with van der Waals surface area (Å²) in [5.74, 6) is 1.24. The molecule has 1 N–H and O–H groups in total. The number of aldehydes is 1. The molecule has 1 aliphatic rings. The maximum absolute atomic E-state index is 15.7. The molecule has 0 saturated heterocycles. The molecule has 0 bridgehead atoms. The van der Waals surface area contributed by atoms with Crippen molar-refractivity contribution >= 4 is 6.29 Å². The highest BCUT2D eigenvalue weighted by Crippen LogP contribution is 2.41. The van der Waals surface area contributed by atoms with Gasteiger partial charge in [-0.1, -0.05) is 25.1 Å². The van der Waals surface area contributed by atoms with Gasteiger partial charge in [0.05, 0.1) is 18.7 Å². The van der Waals surface area contributed by atoms with Crippen LogP contribution in [0, 0.1) is 23.1 Å². The van der Waals surface area contributed by atoms with Gasteiger partial charge in [-0.3, -0.25) is 4.79 Å². The Balaban J connectivity index is 1.80. The Labute approximate surface area is 211 Å². The fraction of sp³-hybridized carbons (Fsp3) is 0.333. The number of nitrogens with zero attached hydrogens (tertiary/aromatic N) is 1. The lowest BCUT2D eigenvalue weighted by molar-refractivity contribution is 0.112. The van der Waals surface area contributed by atoms with Gasteiger partial charge in [-0.2, -0.15) is 5.26 Å². The highest BCUT2D eigenvalue weighted by atomic mass is 19.1. The van der Waals surface area contributed by atoms with Crippen molar-refractivity contribution in [3.63, 3.8) is 0 Å². The van der Waals surface area contributed by atoms with E-state index in [-0.39, 0.29) is 22.4 Å². The average molecular weight is 487 g/mol. The first-order chi connectivity index (χ1) is 17.5. The number of halogens is 1. The lowest BCUT2D eigenvalue weighted by atomic mass is 9.87. The number of nitrogens with one attached hydrogen (secondary N) is 1. The summed E-state index contributed by atoms with van der Waals surface area (Å²) < 4.78 is 27.1. The summed E-state index contributed by atoms with van der Waals surface area (Å²) in [6.07, 6.45) is 5.75. The molecule has 0 atom stereocenters. The third-order valence-electron chi connectivity index (χ3n) is 6.92. The van der Waals surface area contributed by atoms with E-state index in [4.69, 9.17) is 9.47 Å². The van der Waals surface area contributed by atoms with Gasteiger partial charge >= 0.3 is 0 Å². The van der Waals surface area contributed by atoms with E-state index in [1.165, 1.54) is 32.1 Å². The van der Waals surface area contributed by atoms with E-state index in [0.29, 0.717) is 47.9 Å².